The second-order valence-electron chi connectivity index (χ2n) is 5.22. The molecule has 5 nitrogen and oxygen atoms in total. The maximum Gasteiger partial charge on any atom is 0.266 e. The molecule has 1 aromatic heterocycles. The predicted octanol–water partition coefficient (Wildman–Crippen LogP) is 1.63. The van der Waals surface area contributed by atoms with Gasteiger partial charge < -0.3 is 20.5 Å². The first-order chi connectivity index (χ1) is 10.1. The maximum absolute atomic E-state index is 12.7. The van der Waals surface area contributed by atoms with E-state index < -0.39 is 0 Å². The fourth-order valence-corrected chi connectivity index (χ4v) is 3.75. The van der Waals surface area contributed by atoms with Crippen LogP contribution >= 0.6 is 11.3 Å². The van der Waals surface area contributed by atoms with Crippen molar-refractivity contribution in [1.82, 2.24) is 4.90 Å². The monoisotopic (exact) mass is 306 g/mol. The number of aryl methyl sites for hydroxylation is 1. The summed E-state index contributed by atoms with van der Waals surface area (Å²) in [6.07, 6.45) is -0.306. The zero-order valence-electron chi connectivity index (χ0n) is 11.8. The molecule has 1 aliphatic heterocycles. The summed E-state index contributed by atoms with van der Waals surface area (Å²) in [5.41, 5.74) is 7.84. The number of amides is 1. The number of aliphatic hydroxyl groups is 1. The lowest BCUT2D eigenvalue weighted by Crippen LogP contribution is -2.46. The first-order valence-electron chi connectivity index (χ1n) is 6.91. The number of aliphatic hydroxyl groups excluding tert-OH is 1. The molecule has 6 heteroatoms. The Morgan fingerprint density at radius 1 is 1.57 bits per heavy atom. The Kier molecular flexibility index (Phi) is 3.84. The number of anilines is 1. The van der Waals surface area contributed by atoms with E-state index in [0.717, 1.165) is 15.6 Å². The van der Waals surface area contributed by atoms with Gasteiger partial charge in [-0.3, -0.25) is 4.79 Å². The molecular weight excluding hydrogens is 288 g/mol. The lowest BCUT2D eigenvalue weighted by atomic mass is 10.1. The minimum absolute atomic E-state index is 0.0742. The molecule has 112 valence electrons. The lowest BCUT2D eigenvalue weighted by molar-refractivity contribution is -0.0445. The van der Waals surface area contributed by atoms with Crippen LogP contribution in [0.25, 0.3) is 10.1 Å². The van der Waals surface area contributed by atoms with Crippen molar-refractivity contribution in [3.63, 3.8) is 0 Å². The van der Waals surface area contributed by atoms with Gasteiger partial charge in [-0.2, -0.15) is 0 Å². The van der Waals surface area contributed by atoms with Gasteiger partial charge in [-0.25, -0.2) is 0 Å². The molecule has 1 saturated heterocycles. The molecule has 1 aliphatic rings. The van der Waals surface area contributed by atoms with Gasteiger partial charge in [0.2, 0.25) is 0 Å². The Morgan fingerprint density at radius 2 is 2.38 bits per heavy atom. The number of ether oxygens (including phenoxy) is 1. The Hall–Kier alpha value is -1.63. The maximum atomic E-state index is 12.7. The van der Waals surface area contributed by atoms with Crippen molar-refractivity contribution in [2.24, 2.45) is 0 Å². The van der Waals surface area contributed by atoms with E-state index in [-0.39, 0.29) is 18.6 Å². The van der Waals surface area contributed by atoms with Crippen molar-refractivity contribution in [1.29, 1.82) is 0 Å². The van der Waals surface area contributed by atoms with E-state index in [0.29, 0.717) is 30.3 Å². The fraction of sp³-hybridized carbons (Fsp3) is 0.400. The third kappa shape index (κ3) is 2.50. The number of hydrogen-bond donors (Lipinski definition) is 2. The number of nitrogens with zero attached hydrogens (tertiary/aromatic N) is 1. The average Bonchev–Trinajstić information content (AvgIpc) is 2.85. The van der Waals surface area contributed by atoms with Crippen molar-refractivity contribution in [2.45, 2.75) is 13.0 Å². The molecule has 3 rings (SSSR count). The van der Waals surface area contributed by atoms with Crippen molar-refractivity contribution in [3.05, 3.63) is 28.6 Å². The van der Waals surface area contributed by atoms with Crippen LogP contribution in [0.4, 0.5) is 5.69 Å². The van der Waals surface area contributed by atoms with Gasteiger partial charge in [0, 0.05) is 23.2 Å². The Bertz CT molecular complexity index is 683. The number of nitrogens with two attached hydrogens (primary N) is 1. The molecule has 1 unspecified atom stereocenters. The number of benzene rings is 1. The molecule has 1 atom stereocenters. The predicted molar refractivity (Wildman–Crippen MR) is 83.7 cm³/mol. The zero-order chi connectivity index (χ0) is 15.0. The van der Waals surface area contributed by atoms with Crippen LogP contribution in [0.5, 0.6) is 0 Å². The lowest BCUT2D eigenvalue weighted by Gasteiger charge is -2.31. The molecule has 1 aromatic carbocycles. The van der Waals surface area contributed by atoms with E-state index in [1.165, 1.54) is 11.3 Å². The molecule has 21 heavy (non-hydrogen) atoms. The number of hydrogen-bond acceptors (Lipinski definition) is 5. The summed E-state index contributed by atoms with van der Waals surface area (Å²) < 4.78 is 6.44. The molecule has 1 amide bonds. The summed E-state index contributed by atoms with van der Waals surface area (Å²) >= 11 is 1.44. The normalized spacial score (nSPS) is 19.1. The van der Waals surface area contributed by atoms with E-state index in [4.69, 9.17) is 10.5 Å². The van der Waals surface area contributed by atoms with Crippen molar-refractivity contribution in [3.8, 4) is 0 Å². The molecule has 0 saturated carbocycles. The van der Waals surface area contributed by atoms with Crippen LogP contribution in [-0.2, 0) is 4.74 Å². The summed E-state index contributed by atoms with van der Waals surface area (Å²) in [6, 6.07) is 5.91. The van der Waals surface area contributed by atoms with E-state index in [9.17, 15) is 9.90 Å². The van der Waals surface area contributed by atoms with Gasteiger partial charge >= 0.3 is 0 Å². The summed E-state index contributed by atoms with van der Waals surface area (Å²) in [7, 11) is 0. The van der Waals surface area contributed by atoms with Gasteiger partial charge in [0.25, 0.3) is 5.91 Å². The Balaban J connectivity index is 1.94. The van der Waals surface area contributed by atoms with E-state index >= 15 is 0 Å². The SMILES string of the molecule is Cc1cccc2c(N)c(C(=O)N3CCOC(CO)C3)sc12. The minimum atomic E-state index is -0.306. The zero-order valence-corrected chi connectivity index (χ0v) is 12.7. The first-order valence-corrected chi connectivity index (χ1v) is 7.72. The van der Waals surface area contributed by atoms with Gasteiger partial charge in [-0.1, -0.05) is 18.2 Å². The molecule has 2 aromatic rings. The second kappa shape index (κ2) is 5.63. The quantitative estimate of drug-likeness (QED) is 0.884. The van der Waals surface area contributed by atoms with Crippen LogP contribution in [0.1, 0.15) is 15.2 Å². The van der Waals surface area contributed by atoms with Gasteiger partial charge in [-0.05, 0) is 12.5 Å². The van der Waals surface area contributed by atoms with Crippen molar-refractivity contribution in [2.75, 3.05) is 32.0 Å². The summed E-state index contributed by atoms with van der Waals surface area (Å²) in [6.45, 7) is 3.32. The number of thiophene rings is 1. The minimum Gasteiger partial charge on any atom is -0.397 e. The highest BCUT2D eigenvalue weighted by Gasteiger charge is 2.27. The van der Waals surface area contributed by atoms with Crippen LogP contribution in [0.2, 0.25) is 0 Å². The van der Waals surface area contributed by atoms with Gasteiger partial charge in [-0.15, -0.1) is 11.3 Å². The van der Waals surface area contributed by atoms with Gasteiger partial charge in [0.1, 0.15) is 4.88 Å². The fourth-order valence-electron chi connectivity index (χ4n) is 2.60. The summed E-state index contributed by atoms with van der Waals surface area (Å²) in [5, 5.41) is 10.1. The Morgan fingerprint density at radius 3 is 3.10 bits per heavy atom. The third-order valence-corrected chi connectivity index (χ3v) is 5.12. The van der Waals surface area contributed by atoms with Crippen molar-refractivity contribution >= 4 is 33.0 Å². The highest BCUT2D eigenvalue weighted by Crippen LogP contribution is 2.36. The van der Waals surface area contributed by atoms with Crippen LogP contribution < -0.4 is 5.73 Å². The number of carbonyl (C=O) groups is 1. The number of fused-ring (bicyclic) bond motifs is 1. The number of carbonyl (C=O) groups excluding carboxylic acids is 1. The summed E-state index contributed by atoms with van der Waals surface area (Å²) in [4.78, 5) is 15.0. The van der Waals surface area contributed by atoms with Crippen LogP contribution in [0.3, 0.4) is 0 Å². The highest BCUT2D eigenvalue weighted by atomic mass is 32.1. The molecule has 0 aliphatic carbocycles. The molecule has 0 bridgehead atoms. The summed E-state index contributed by atoms with van der Waals surface area (Å²) in [5.74, 6) is -0.0742. The second-order valence-corrected chi connectivity index (χ2v) is 6.24. The molecular formula is C15H18N2O3S. The smallest absolute Gasteiger partial charge is 0.266 e. The van der Waals surface area contributed by atoms with E-state index in [1.54, 1.807) is 4.90 Å². The number of rotatable bonds is 2. The van der Waals surface area contributed by atoms with Crippen LogP contribution in [0, 0.1) is 6.92 Å². The van der Waals surface area contributed by atoms with Gasteiger partial charge in [0.05, 0.1) is 25.0 Å². The van der Waals surface area contributed by atoms with Gasteiger partial charge in [0.15, 0.2) is 0 Å². The topological polar surface area (TPSA) is 75.8 Å². The Labute approximate surface area is 126 Å². The number of morpholine rings is 1. The highest BCUT2D eigenvalue weighted by molar-refractivity contribution is 7.21. The van der Waals surface area contributed by atoms with E-state index in [2.05, 4.69) is 0 Å². The first kappa shape index (κ1) is 14.3. The average molecular weight is 306 g/mol. The third-order valence-electron chi connectivity index (χ3n) is 3.77. The van der Waals surface area contributed by atoms with Crippen LogP contribution in [-0.4, -0.2) is 48.3 Å². The van der Waals surface area contributed by atoms with Crippen molar-refractivity contribution < 1.29 is 14.6 Å². The number of nitrogen functional groups attached to an aromatic ring is 1. The largest absolute Gasteiger partial charge is 0.397 e. The molecule has 1 fully saturated rings. The molecule has 3 N–H and O–H groups in total. The standard InChI is InChI=1S/C15H18N2O3S/c1-9-3-2-4-11-12(16)14(21-13(9)11)15(19)17-5-6-20-10(7-17)8-18/h2-4,10,18H,5-8,16H2,1H3. The molecule has 0 radical (unpaired) electrons. The molecule has 0 spiro atoms. The van der Waals surface area contributed by atoms with E-state index in [1.807, 2.05) is 25.1 Å². The van der Waals surface area contributed by atoms with Crippen LogP contribution in [0.15, 0.2) is 18.2 Å². The molecule has 2 heterocycles.